The van der Waals surface area contributed by atoms with Gasteiger partial charge in [-0.25, -0.2) is 0 Å². The van der Waals surface area contributed by atoms with Gasteiger partial charge in [0.05, 0.1) is 0 Å². The molecule has 69 heavy (non-hydrogen) atoms. The summed E-state index contributed by atoms with van der Waals surface area (Å²) in [4.78, 5) is 24.8. The molecule has 6 aliphatic rings. The Morgan fingerprint density at radius 3 is 1.17 bits per heavy atom. The van der Waals surface area contributed by atoms with Crippen LogP contribution in [0.1, 0.15) is 68.2 Å². The van der Waals surface area contributed by atoms with E-state index in [2.05, 4.69) is 127 Å². The molecule has 0 radical (unpaired) electrons. The number of rotatable bonds is 4. The van der Waals surface area contributed by atoms with Gasteiger partial charge in [0.2, 0.25) is 34.3 Å². The highest BCUT2D eigenvalue weighted by molar-refractivity contribution is 8.14. The highest BCUT2D eigenvalue weighted by Crippen LogP contribution is 2.45. The molecule has 5 atom stereocenters. The Morgan fingerprint density at radius 2 is 0.797 bits per heavy atom. The number of aliphatic imine (C=N–C) groups is 2. The van der Waals surface area contributed by atoms with Crippen molar-refractivity contribution in [3.05, 3.63) is 169 Å². The van der Waals surface area contributed by atoms with Crippen molar-refractivity contribution in [1.29, 1.82) is 0 Å². The number of benzene rings is 4. The van der Waals surface area contributed by atoms with Crippen molar-refractivity contribution in [1.82, 2.24) is 9.13 Å². The molecule has 364 valence electrons. The van der Waals surface area contributed by atoms with Crippen molar-refractivity contribution in [2.75, 3.05) is 25.0 Å². The molecule has 5 unspecified atom stereocenters. The van der Waals surface area contributed by atoms with Crippen LogP contribution in [0.5, 0.6) is 0 Å². The number of amidine groups is 4. The molecule has 0 saturated carbocycles. The van der Waals surface area contributed by atoms with Crippen molar-refractivity contribution in [3.63, 3.8) is 0 Å². The summed E-state index contributed by atoms with van der Waals surface area (Å²) >= 11 is 0. The molecule has 8 heterocycles. The molecule has 6 aliphatic heterocycles. The standard InChI is InChI=1S/C17H10N8.4C8H10S.4C2H6/c1-2-10-19-12-5-6-14-21-16-8-7-15-20-13-4-3-11-18-9(1)22(10)17(23(11)13,24(12)14)25(15)16;4*1-9(2)8-6-4-3-5-7-8;4*1-2/h1-6H,7-8H2;4*3-7H,1H2,2H3;4*1-2H3/q+2;;;;;;;;. The van der Waals surface area contributed by atoms with Crippen LogP contribution < -0.4 is 11.0 Å². The SMILES string of the molecule is C1=CC2=[N+]3C1=Nc1ccc4n1C31n3c(ccc3=NC3=[N+]1C(=N4)CC3)=N2.C=S(C)c1ccccc1.C=S(C)c1ccccc1.C=S(C)c1ccccc1.C=S(C)c1ccccc1.CC.CC.CC.CC. The minimum atomic E-state index is -0.620. The van der Waals surface area contributed by atoms with E-state index in [1.165, 1.54) is 19.6 Å². The molecule has 6 aromatic rings. The molecule has 0 saturated heterocycles. The first kappa shape index (κ1) is 55.9. The second kappa shape index (κ2) is 27.5. The van der Waals surface area contributed by atoms with Gasteiger partial charge >= 0.3 is 5.91 Å². The van der Waals surface area contributed by atoms with Gasteiger partial charge in [0, 0.05) is 68.8 Å². The zero-order valence-corrected chi connectivity index (χ0v) is 46.2. The summed E-state index contributed by atoms with van der Waals surface area (Å²) in [6.45, 7) is 16.0. The molecule has 0 amide bonds. The van der Waals surface area contributed by atoms with E-state index in [-0.39, 0.29) is 41.9 Å². The smallest absolute Gasteiger partial charge is 0.193 e. The monoisotopic (exact) mass is 998 g/mol. The van der Waals surface area contributed by atoms with E-state index in [9.17, 15) is 0 Å². The summed E-state index contributed by atoms with van der Waals surface area (Å²) < 4.78 is 8.94. The molecule has 0 N–H and O–H groups in total. The number of nitrogens with zero attached hydrogens (tertiary/aromatic N) is 8. The quantitative estimate of drug-likeness (QED) is 0.125. The Balaban J connectivity index is 0.000000200. The van der Waals surface area contributed by atoms with Crippen molar-refractivity contribution in [3.8, 4) is 0 Å². The van der Waals surface area contributed by atoms with E-state index < -0.39 is 5.91 Å². The lowest BCUT2D eigenvalue weighted by atomic mass is 10.3. The van der Waals surface area contributed by atoms with Gasteiger partial charge in [-0.1, -0.05) is 172 Å². The third-order valence-corrected chi connectivity index (χ3v) is 14.6. The van der Waals surface area contributed by atoms with E-state index in [4.69, 9.17) is 20.0 Å². The minimum absolute atomic E-state index is 0.171. The van der Waals surface area contributed by atoms with Crippen LogP contribution in [0.25, 0.3) is 0 Å². The van der Waals surface area contributed by atoms with E-state index in [0.29, 0.717) is 0 Å². The van der Waals surface area contributed by atoms with Crippen LogP contribution in [0.3, 0.4) is 0 Å². The second-order valence-corrected chi connectivity index (χ2v) is 21.7. The Bertz CT molecular complexity index is 2810. The van der Waals surface area contributed by atoms with Crippen LogP contribution in [0.2, 0.25) is 0 Å². The van der Waals surface area contributed by atoms with Crippen molar-refractivity contribution < 1.29 is 9.15 Å². The molecule has 0 bridgehead atoms. The van der Waals surface area contributed by atoms with Crippen molar-refractivity contribution in [2.45, 2.75) is 93.7 Å². The maximum absolute atomic E-state index is 4.91. The average molecular weight is 1000 g/mol. The molecule has 12 rings (SSSR count). The summed E-state index contributed by atoms with van der Waals surface area (Å²) in [6, 6.07) is 49.5. The average Bonchev–Trinajstić information content (AvgIpc) is 4.24. The van der Waals surface area contributed by atoms with Gasteiger partial charge in [0.15, 0.2) is 0 Å². The third kappa shape index (κ3) is 12.6. The molecule has 8 nitrogen and oxygen atoms in total. The minimum Gasteiger partial charge on any atom is -0.193 e. The fourth-order valence-electron chi connectivity index (χ4n) is 7.56. The molecule has 2 aromatic heterocycles. The second-order valence-electron chi connectivity index (χ2n) is 14.7. The Morgan fingerprint density at radius 1 is 0.420 bits per heavy atom. The molecule has 4 aromatic carbocycles. The third-order valence-electron chi connectivity index (χ3n) is 10.3. The first-order valence-corrected chi connectivity index (χ1v) is 30.9. The van der Waals surface area contributed by atoms with Gasteiger partial charge in [-0.2, -0.15) is 55.6 Å². The zero-order chi connectivity index (χ0) is 50.7. The first-order valence-electron chi connectivity index (χ1n) is 23.7. The van der Waals surface area contributed by atoms with Gasteiger partial charge < -0.3 is 0 Å². The van der Waals surface area contributed by atoms with Gasteiger partial charge in [-0.3, -0.25) is 0 Å². The first-order chi connectivity index (χ1) is 33.6. The Kier molecular flexibility index (Phi) is 22.3. The van der Waals surface area contributed by atoms with Crippen molar-refractivity contribution in [2.24, 2.45) is 20.0 Å². The Hall–Kier alpha value is -5.66. The normalized spacial score (nSPS) is 17.2. The maximum Gasteiger partial charge on any atom is 0.404 e. The van der Waals surface area contributed by atoms with E-state index in [0.717, 1.165) is 58.8 Å². The summed E-state index contributed by atoms with van der Waals surface area (Å²) in [5.74, 6) is 20.9. The van der Waals surface area contributed by atoms with Crippen LogP contribution in [-0.2, 0) is 5.91 Å². The fourth-order valence-corrected chi connectivity index (χ4v) is 10.0. The van der Waals surface area contributed by atoms with Gasteiger partial charge in [0.1, 0.15) is 0 Å². The Labute approximate surface area is 423 Å². The summed E-state index contributed by atoms with van der Waals surface area (Å²) in [6.07, 6.45) is 14.4. The van der Waals surface area contributed by atoms with Gasteiger partial charge in [-0.05, 0) is 73.6 Å². The van der Waals surface area contributed by atoms with Gasteiger partial charge in [0.25, 0.3) is 11.7 Å². The molecular weight excluding hydrogens is 925 g/mol. The number of aromatic nitrogens is 2. The lowest BCUT2D eigenvalue weighted by Crippen LogP contribution is -2.71. The lowest BCUT2D eigenvalue weighted by Gasteiger charge is -2.40. The van der Waals surface area contributed by atoms with Crippen LogP contribution in [0, 0.1) is 0 Å². The van der Waals surface area contributed by atoms with Crippen LogP contribution in [-0.4, -0.2) is 90.1 Å². The number of hydrogen-bond donors (Lipinski definition) is 0. The summed E-state index contributed by atoms with van der Waals surface area (Å²) in [5.41, 5.74) is 1.85. The molecule has 0 fully saturated rings. The predicted octanol–water partition coefficient (Wildman–Crippen LogP) is 13.6. The van der Waals surface area contributed by atoms with Crippen molar-refractivity contribution >= 4 is 100 Å². The predicted molar refractivity (Wildman–Crippen MR) is 314 cm³/mol. The zero-order valence-electron chi connectivity index (χ0n) is 43.0. The lowest BCUT2D eigenvalue weighted by molar-refractivity contribution is -0.791. The topological polar surface area (TPSA) is 65.3 Å². The van der Waals surface area contributed by atoms with E-state index >= 15 is 0 Å². The van der Waals surface area contributed by atoms with E-state index in [1.807, 2.05) is 152 Å². The summed E-state index contributed by atoms with van der Waals surface area (Å²) in [5, 5.41) is 0. The highest BCUT2D eigenvalue weighted by Gasteiger charge is 2.66. The molecule has 12 heteroatoms. The largest absolute Gasteiger partial charge is 0.404 e. The van der Waals surface area contributed by atoms with Gasteiger partial charge in [-0.15, -0.1) is 4.58 Å². The fraction of sp³-hybridized carbons (Fsp3) is 0.263. The van der Waals surface area contributed by atoms with E-state index in [1.54, 1.807) is 0 Å². The van der Waals surface area contributed by atoms with Crippen LogP contribution in [0.15, 0.2) is 197 Å². The molecule has 1 spiro atoms. The summed E-state index contributed by atoms with van der Waals surface area (Å²) in [7, 11) is 0.684. The highest BCUT2D eigenvalue weighted by atomic mass is 32.2. The number of hydrogen-bond acceptors (Lipinski definition) is 4. The molecule has 0 aliphatic carbocycles. The van der Waals surface area contributed by atoms with Crippen LogP contribution in [0.4, 0.5) is 11.6 Å². The van der Waals surface area contributed by atoms with Crippen LogP contribution >= 0.6 is 41.9 Å². The molecular formula is C57H74N8S4+2. The maximum atomic E-state index is 4.91.